The molecule has 0 unspecified atom stereocenters. The molecule has 0 atom stereocenters. The second kappa shape index (κ2) is 5.76. The SMILES string of the molecule is COc1cc(CNc2ncncc2I)ccn1. The Morgan fingerprint density at radius 3 is 3.06 bits per heavy atom. The Kier molecular flexibility index (Phi) is 4.08. The standard InChI is InChI=1S/C11H11IN4O/c1-17-10-4-8(2-3-14-10)5-15-11-9(12)6-13-7-16-11/h2-4,6-7H,5H2,1H3,(H,13,15,16). The highest BCUT2D eigenvalue weighted by Crippen LogP contribution is 2.14. The number of hydrogen-bond donors (Lipinski definition) is 1. The average molecular weight is 342 g/mol. The van der Waals surface area contributed by atoms with Gasteiger partial charge in [0.25, 0.3) is 0 Å². The number of nitrogens with one attached hydrogen (secondary N) is 1. The zero-order valence-corrected chi connectivity index (χ0v) is 11.4. The molecular formula is C11H11IN4O. The molecule has 0 aromatic carbocycles. The van der Waals surface area contributed by atoms with E-state index >= 15 is 0 Å². The molecule has 0 saturated heterocycles. The van der Waals surface area contributed by atoms with E-state index in [9.17, 15) is 0 Å². The molecule has 2 aromatic rings. The molecule has 0 fully saturated rings. The van der Waals surface area contributed by atoms with Crippen molar-refractivity contribution in [3.63, 3.8) is 0 Å². The van der Waals surface area contributed by atoms with Gasteiger partial charge in [0.05, 0.1) is 10.7 Å². The zero-order chi connectivity index (χ0) is 12.1. The van der Waals surface area contributed by atoms with Crippen LogP contribution in [0.15, 0.2) is 30.9 Å². The van der Waals surface area contributed by atoms with Gasteiger partial charge in [-0.3, -0.25) is 0 Å². The summed E-state index contributed by atoms with van der Waals surface area (Å²) in [6.45, 7) is 0.673. The van der Waals surface area contributed by atoms with Gasteiger partial charge in [-0.15, -0.1) is 0 Å². The minimum atomic E-state index is 0.613. The predicted octanol–water partition coefficient (Wildman–Crippen LogP) is 2.10. The predicted molar refractivity (Wildman–Crippen MR) is 72.9 cm³/mol. The largest absolute Gasteiger partial charge is 0.481 e. The number of rotatable bonds is 4. The van der Waals surface area contributed by atoms with Gasteiger partial charge in [-0.05, 0) is 34.2 Å². The number of hydrogen-bond acceptors (Lipinski definition) is 5. The summed E-state index contributed by atoms with van der Waals surface area (Å²) in [5.74, 6) is 1.44. The van der Waals surface area contributed by atoms with E-state index in [-0.39, 0.29) is 0 Å². The summed E-state index contributed by atoms with van der Waals surface area (Å²) >= 11 is 2.19. The van der Waals surface area contributed by atoms with Crippen LogP contribution in [0.4, 0.5) is 5.82 Å². The van der Waals surface area contributed by atoms with Crippen molar-refractivity contribution in [3.05, 3.63) is 40.0 Å². The van der Waals surface area contributed by atoms with Gasteiger partial charge >= 0.3 is 0 Å². The number of nitrogens with zero attached hydrogens (tertiary/aromatic N) is 3. The van der Waals surface area contributed by atoms with Crippen molar-refractivity contribution >= 4 is 28.4 Å². The van der Waals surface area contributed by atoms with Gasteiger partial charge < -0.3 is 10.1 Å². The first-order valence-electron chi connectivity index (χ1n) is 4.98. The van der Waals surface area contributed by atoms with E-state index in [0.717, 1.165) is 15.0 Å². The number of ether oxygens (including phenoxy) is 1. The van der Waals surface area contributed by atoms with Crippen molar-refractivity contribution in [3.8, 4) is 5.88 Å². The highest BCUT2D eigenvalue weighted by molar-refractivity contribution is 14.1. The highest BCUT2D eigenvalue weighted by atomic mass is 127. The van der Waals surface area contributed by atoms with Crippen LogP contribution < -0.4 is 10.1 Å². The molecule has 2 heterocycles. The topological polar surface area (TPSA) is 59.9 Å². The molecule has 0 aliphatic carbocycles. The Bertz CT molecular complexity index is 506. The molecule has 88 valence electrons. The fraction of sp³-hybridized carbons (Fsp3) is 0.182. The molecule has 0 amide bonds. The van der Waals surface area contributed by atoms with Crippen molar-refractivity contribution in [1.82, 2.24) is 15.0 Å². The molecular weight excluding hydrogens is 331 g/mol. The van der Waals surface area contributed by atoms with E-state index in [4.69, 9.17) is 4.74 Å². The summed E-state index contributed by atoms with van der Waals surface area (Å²) < 4.78 is 6.06. The molecule has 0 spiro atoms. The summed E-state index contributed by atoms with van der Waals surface area (Å²) in [5, 5.41) is 3.24. The summed E-state index contributed by atoms with van der Waals surface area (Å²) in [6.07, 6.45) is 5.02. The maximum Gasteiger partial charge on any atom is 0.213 e. The number of pyridine rings is 1. The first-order valence-corrected chi connectivity index (χ1v) is 6.06. The summed E-state index contributed by atoms with van der Waals surface area (Å²) in [7, 11) is 1.60. The van der Waals surface area contributed by atoms with Crippen LogP contribution in [0.2, 0.25) is 0 Å². The van der Waals surface area contributed by atoms with E-state index in [1.165, 1.54) is 6.33 Å². The number of methoxy groups -OCH3 is 1. The maximum absolute atomic E-state index is 5.06. The monoisotopic (exact) mass is 342 g/mol. The van der Waals surface area contributed by atoms with Crippen molar-refractivity contribution in [2.24, 2.45) is 0 Å². The lowest BCUT2D eigenvalue weighted by atomic mass is 10.2. The van der Waals surface area contributed by atoms with Crippen LogP contribution in [-0.2, 0) is 6.54 Å². The smallest absolute Gasteiger partial charge is 0.213 e. The summed E-state index contributed by atoms with van der Waals surface area (Å²) in [6, 6.07) is 3.82. The van der Waals surface area contributed by atoms with Crippen LogP contribution >= 0.6 is 22.6 Å². The second-order valence-corrected chi connectivity index (χ2v) is 4.44. The molecule has 17 heavy (non-hydrogen) atoms. The Morgan fingerprint density at radius 1 is 1.41 bits per heavy atom. The molecule has 2 aromatic heterocycles. The van der Waals surface area contributed by atoms with Crippen molar-refractivity contribution in [1.29, 1.82) is 0 Å². The molecule has 2 rings (SSSR count). The molecule has 6 heteroatoms. The Balaban J connectivity index is 2.05. The van der Waals surface area contributed by atoms with Gasteiger partial charge in [0.15, 0.2) is 0 Å². The van der Waals surface area contributed by atoms with E-state index in [2.05, 4.69) is 42.9 Å². The Hall–Kier alpha value is -1.44. The fourth-order valence-electron chi connectivity index (χ4n) is 1.30. The second-order valence-electron chi connectivity index (χ2n) is 3.28. The van der Waals surface area contributed by atoms with Gasteiger partial charge in [0.1, 0.15) is 12.1 Å². The lowest BCUT2D eigenvalue weighted by Crippen LogP contribution is -2.03. The van der Waals surface area contributed by atoms with Gasteiger partial charge in [-0.1, -0.05) is 0 Å². The van der Waals surface area contributed by atoms with Crippen LogP contribution in [0, 0.1) is 3.57 Å². The van der Waals surface area contributed by atoms with Crippen LogP contribution in [-0.4, -0.2) is 22.1 Å². The fourth-order valence-corrected chi connectivity index (χ4v) is 1.79. The quantitative estimate of drug-likeness (QED) is 0.863. The molecule has 1 N–H and O–H groups in total. The maximum atomic E-state index is 5.06. The average Bonchev–Trinajstić information content (AvgIpc) is 2.38. The van der Waals surface area contributed by atoms with Crippen molar-refractivity contribution < 1.29 is 4.74 Å². The normalized spacial score (nSPS) is 10.0. The minimum Gasteiger partial charge on any atom is -0.481 e. The van der Waals surface area contributed by atoms with Gasteiger partial charge in [-0.25, -0.2) is 15.0 Å². The third-order valence-corrected chi connectivity index (χ3v) is 2.93. The molecule has 0 aliphatic rings. The first-order chi connectivity index (χ1) is 8.29. The van der Waals surface area contributed by atoms with Gasteiger partial charge in [0, 0.05) is 25.0 Å². The van der Waals surface area contributed by atoms with Crippen LogP contribution in [0.1, 0.15) is 5.56 Å². The van der Waals surface area contributed by atoms with Gasteiger partial charge in [-0.2, -0.15) is 0 Å². The molecule has 0 radical (unpaired) electrons. The molecule has 5 nitrogen and oxygen atoms in total. The van der Waals surface area contributed by atoms with Crippen LogP contribution in [0.5, 0.6) is 5.88 Å². The van der Waals surface area contributed by atoms with Crippen molar-refractivity contribution in [2.75, 3.05) is 12.4 Å². The summed E-state index contributed by atoms with van der Waals surface area (Å²) in [5.41, 5.74) is 1.09. The lowest BCUT2D eigenvalue weighted by molar-refractivity contribution is 0.397. The van der Waals surface area contributed by atoms with Gasteiger partial charge in [0.2, 0.25) is 5.88 Å². The third kappa shape index (κ3) is 3.26. The molecule has 0 bridgehead atoms. The molecule has 0 saturated carbocycles. The van der Waals surface area contributed by atoms with Crippen LogP contribution in [0.3, 0.4) is 0 Å². The Morgan fingerprint density at radius 2 is 2.29 bits per heavy atom. The zero-order valence-electron chi connectivity index (χ0n) is 9.22. The summed E-state index contributed by atoms with van der Waals surface area (Å²) in [4.78, 5) is 12.2. The highest BCUT2D eigenvalue weighted by Gasteiger charge is 2.01. The minimum absolute atomic E-state index is 0.613. The number of halogens is 1. The van der Waals surface area contributed by atoms with Crippen LogP contribution in [0.25, 0.3) is 0 Å². The first kappa shape index (κ1) is 12.0. The third-order valence-electron chi connectivity index (χ3n) is 2.14. The lowest BCUT2D eigenvalue weighted by Gasteiger charge is -2.07. The van der Waals surface area contributed by atoms with Crippen molar-refractivity contribution in [2.45, 2.75) is 6.54 Å². The Labute approximate surface area is 113 Å². The number of aromatic nitrogens is 3. The van der Waals surface area contributed by atoms with E-state index in [1.54, 1.807) is 19.5 Å². The molecule has 0 aliphatic heterocycles. The van der Waals surface area contributed by atoms with E-state index < -0.39 is 0 Å². The number of anilines is 1. The van der Waals surface area contributed by atoms with E-state index in [1.807, 2.05) is 12.1 Å². The van der Waals surface area contributed by atoms with E-state index in [0.29, 0.717) is 12.4 Å².